The molecule has 1 aliphatic heterocycles. The fourth-order valence-corrected chi connectivity index (χ4v) is 6.66. The van der Waals surface area contributed by atoms with Crippen molar-refractivity contribution in [2.24, 2.45) is 0 Å². The zero-order valence-electron chi connectivity index (χ0n) is 11.4. The molecule has 3 heterocycles. The summed E-state index contributed by atoms with van der Waals surface area (Å²) in [5.74, 6) is 0.889. The summed E-state index contributed by atoms with van der Waals surface area (Å²) in [5.41, 5.74) is 1.32. The van der Waals surface area contributed by atoms with E-state index in [9.17, 15) is 8.42 Å². The van der Waals surface area contributed by atoms with Crippen LogP contribution in [0.4, 0.5) is 0 Å². The lowest BCUT2D eigenvalue weighted by atomic mass is 9.97. The van der Waals surface area contributed by atoms with Gasteiger partial charge in [0.2, 0.25) is 0 Å². The maximum absolute atomic E-state index is 11.6. The standard InChI is InChI=1S/C14H15ClN2O2S2/c15-12-11-9-3-1-2-4-10(9)20-14(11)17-13(16-12)8-5-6-21(18,19)7-8/h8H,1-7H2. The van der Waals surface area contributed by atoms with Crippen LogP contribution in [0.1, 0.15) is 41.4 Å². The van der Waals surface area contributed by atoms with Gasteiger partial charge in [0, 0.05) is 10.8 Å². The van der Waals surface area contributed by atoms with Crippen LogP contribution in [-0.4, -0.2) is 29.9 Å². The molecule has 2 aromatic heterocycles. The predicted molar refractivity (Wildman–Crippen MR) is 85.1 cm³/mol. The van der Waals surface area contributed by atoms with Gasteiger partial charge in [-0.3, -0.25) is 0 Å². The van der Waals surface area contributed by atoms with E-state index in [2.05, 4.69) is 9.97 Å². The fraction of sp³-hybridized carbons (Fsp3) is 0.571. The monoisotopic (exact) mass is 342 g/mol. The van der Waals surface area contributed by atoms with Crippen LogP contribution in [-0.2, 0) is 22.7 Å². The van der Waals surface area contributed by atoms with Crippen molar-refractivity contribution in [1.82, 2.24) is 9.97 Å². The molecule has 0 N–H and O–H groups in total. The molecule has 1 fully saturated rings. The zero-order valence-corrected chi connectivity index (χ0v) is 13.8. The molecule has 112 valence electrons. The summed E-state index contributed by atoms with van der Waals surface area (Å²) >= 11 is 8.10. The molecule has 1 unspecified atom stereocenters. The molecule has 1 aliphatic carbocycles. The van der Waals surface area contributed by atoms with E-state index in [1.165, 1.54) is 23.3 Å². The van der Waals surface area contributed by atoms with Gasteiger partial charge >= 0.3 is 0 Å². The van der Waals surface area contributed by atoms with Crippen LogP contribution in [0.5, 0.6) is 0 Å². The highest BCUT2D eigenvalue weighted by Gasteiger charge is 2.32. The smallest absolute Gasteiger partial charge is 0.151 e. The van der Waals surface area contributed by atoms with Gasteiger partial charge in [0.1, 0.15) is 15.8 Å². The Bertz CT molecular complexity index is 829. The number of hydrogen-bond acceptors (Lipinski definition) is 5. The summed E-state index contributed by atoms with van der Waals surface area (Å²) in [6.07, 6.45) is 5.17. The van der Waals surface area contributed by atoms with E-state index in [0.717, 1.165) is 23.1 Å². The molecular weight excluding hydrogens is 328 g/mol. The third kappa shape index (κ3) is 2.37. The van der Waals surface area contributed by atoms with Gasteiger partial charge in [-0.2, -0.15) is 0 Å². The summed E-state index contributed by atoms with van der Waals surface area (Å²) in [6.45, 7) is 0. The highest BCUT2D eigenvalue weighted by molar-refractivity contribution is 7.91. The Morgan fingerprint density at radius 1 is 1.19 bits per heavy atom. The number of rotatable bonds is 1. The molecule has 0 saturated carbocycles. The number of fused-ring (bicyclic) bond motifs is 3. The van der Waals surface area contributed by atoms with Crippen LogP contribution in [0.15, 0.2) is 0 Å². The Hall–Kier alpha value is -0.720. The lowest BCUT2D eigenvalue weighted by molar-refractivity contribution is 0.601. The number of halogens is 1. The summed E-state index contributed by atoms with van der Waals surface area (Å²) in [4.78, 5) is 11.4. The topological polar surface area (TPSA) is 59.9 Å². The number of nitrogens with zero attached hydrogens (tertiary/aromatic N) is 2. The Morgan fingerprint density at radius 2 is 2.00 bits per heavy atom. The van der Waals surface area contributed by atoms with E-state index in [0.29, 0.717) is 17.4 Å². The van der Waals surface area contributed by atoms with Crippen molar-refractivity contribution < 1.29 is 8.42 Å². The molecule has 21 heavy (non-hydrogen) atoms. The number of sulfone groups is 1. The Kier molecular flexibility index (Phi) is 3.24. The first-order valence-corrected chi connectivity index (χ1v) is 10.2. The van der Waals surface area contributed by atoms with E-state index in [1.807, 2.05) is 0 Å². The van der Waals surface area contributed by atoms with Gasteiger partial charge in [-0.05, 0) is 37.7 Å². The van der Waals surface area contributed by atoms with Gasteiger partial charge in [-0.1, -0.05) is 11.6 Å². The average Bonchev–Trinajstić information content (AvgIpc) is 2.98. The molecule has 1 saturated heterocycles. The van der Waals surface area contributed by atoms with E-state index in [4.69, 9.17) is 11.6 Å². The van der Waals surface area contributed by atoms with Crippen molar-refractivity contribution in [2.75, 3.05) is 11.5 Å². The second-order valence-electron chi connectivity index (χ2n) is 5.86. The van der Waals surface area contributed by atoms with Crippen molar-refractivity contribution in [1.29, 1.82) is 0 Å². The highest BCUT2D eigenvalue weighted by Crippen LogP contribution is 2.39. The minimum absolute atomic E-state index is 0.101. The SMILES string of the molecule is O=S1(=O)CCC(c2nc(Cl)c3c4c(sc3n2)CCCC4)C1. The molecule has 4 rings (SSSR count). The molecular formula is C14H15ClN2O2S2. The van der Waals surface area contributed by atoms with Crippen LogP contribution in [0.2, 0.25) is 5.15 Å². The minimum atomic E-state index is -2.93. The molecule has 0 radical (unpaired) electrons. The van der Waals surface area contributed by atoms with Crippen LogP contribution in [0, 0.1) is 0 Å². The molecule has 0 aromatic carbocycles. The minimum Gasteiger partial charge on any atom is -0.229 e. The van der Waals surface area contributed by atoms with Gasteiger partial charge in [-0.15, -0.1) is 11.3 Å². The van der Waals surface area contributed by atoms with Gasteiger partial charge in [0.15, 0.2) is 9.84 Å². The molecule has 0 bridgehead atoms. The first kappa shape index (κ1) is 13.9. The normalized spacial score (nSPS) is 24.3. The summed E-state index contributed by atoms with van der Waals surface area (Å²) in [7, 11) is -2.93. The maximum atomic E-state index is 11.6. The molecule has 7 heteroatoms. The molecule has 0 spiro atoms. The lowest BCUT2D eigenvalue weighted by Gasteiger charge is -2.11. The van der Waals surface area contributed by atoms with Gasteiger partial charge < -0.3 is 0 Å². The van der Waals surface area contributed by atoms with Crippen molar-refractivity contribution >= 4 is 43.0 Å². The Labute approximate surface area is 132 Å². The maximum Gasteiger partial charge on any atom is 0.151 e. The summed E-state index contributed by atoms with van der Waals surface area (Å²) in [6, 6.07) is 0. The van der Waals surface area contributed by atoms with Crippen LogP contribution >= 0.6 is 22.9 Å². The second-order valence-corrected chi connectivity index (χ2v) is 9.53. The van der Waals surface area contributed by atoms with Crippen molar-refractivity contribution in [3.8, 4) is 0 Å². The number of aromatic nitrogens is 2. The second kappa shape index (κ2) is 4.89. The average molecular weight is 343 g/mol. The van der Waals surface area contributed by atoms with Crippen LogP contribution in [0.25, 0.3) is 10.2 Å². The van der Waals surface area contributed by atoms with E-state index in [1.54, 1.807) is 11.3 Å². The third-order valence-corrected chi connectivity index (χ3v) is 7.61. The largest absolute Gasteiger partial charge is 0.229 e. The molecule has 2 aromatic rings. The van der Waals surface area contributed by atoms with Gasteiger partial charge in [-0.25, -0.2) is 18.4 Å². The number of thiophene rings is 1. The summed E-state index contributed by atoms with van der Waals surface area (Å²) in [5, 5.41) is 1.50. The third-order valence-electron chi connectivity index (χ3n) is 4.39. The van der Waals surface area contributed by atoms with Gasteiger partial charge in [0.05, 0.1) is 16.9 Å². The molecule has 4 nitrogen and oxygen atoms in total. The fourth-order valence-electron chi connectivity index (χ4n) is 3.31. The zero-order chi connectivity index (χ0) is 14.6. The number of hydrogen-bond donors (Lipinski definition) is 0. The molecule has 1 atom stereocenters. The first-order valence-electron chi connectivity index (χ1n) is 7.21. The van der Waals surface area contributed by atoms with Crippen molar-refractivity contribution in [2.45, 2.75) is 38.0 Å². The van der Waals surface area contributed by atoms with Crippen LogP contribution < -0.4 is 0 Å². The quantitative estimate of drug-likeness (QED) is 0.747. The summed E-state index contributed by atoms with van der Waals surface area (Å²) < 4.78 is 23.3. The van der Waals surface area contributed by atoms with Crippen molar-refractivity contribution in [3.05, 3.63) is 21.4 Å². The molecule has 2 aliphatic rings. The van der Waals surface area contributed by atoms with Crippen LogP contribution in [0.3, 0.4) is 0 Å². The Balaban J connectivity index is 1.83. The van der Waals surface area contributed by atoms with E-state index < -0.39 is 9.84 Å². The predicted octanol–water partition coefficient (Wildman–Crippen LogP) is 3.13. The van der Waals surface area contributed by atoms with Gasteiger partial charge in [0.25, 0.3) is 0 Å². The number of aryl methyl sites for hydroxylation is 2. The van der Waals surface area contributed by atoms with Crippen molar-refractivity contribution in [3.63, 3.8) is 0 Å². The first-order chi connectivity index (χ1) is 10.0. The van der Waals surface area contributed by atoms with E-state index in [-0.39, 0.29) is 17.4 Å². The van der Waals surface area contributed by atoms with E-state index >= 15 is 0 Å². The lowest BCUT2D eigenvalue weighted by Crippen LogP contribution is -2.07. The Morgan fingerprint density at radius 3 is 2.76 bits per heavy atom. The highest BCUT2D eigenvalue weighted by atomic mass is 35.5. The molecule has 0 amide bonds.